The van der Waals surface area contributed by atoms with E-state index in [1.54, 1.807) is 11.3 Å². The monoisotopic (exact) mass is 437 g/mol. The predicted octanol–water partition coefficient (Wildman–Crippen LogP) is 3.80. The Kier molecular flexibility index (Phi) is 6.34. The summed E-state index contributed by atoms with van der Waals surface area (Å²) in [4.78, 5) is 17.2. The molecular formula is C24H31N5OS. The van der Waals surface area contributed by atoms with Gasteiger partial charge in [0.25, 0.3) is 0 Å². The first-order valence-electron chi connectivity index (χ1n) is 11.4. The lowest BCUT2D eigenvalue weighted by Crippen LogP contribution is -2.36. The zero-order valence-corrected chi connectivity index (χ0v) is 19.1. The second kappa shape index (κ2) is 9.51. The van der Waals surface area contributed by atoms with Crippen LogP contribution in [0.4, 0.5) is 10.8 Å². The third-order valence-corrected chi connectivity index (χ3v) is 7.27. The highest BCUT2D eigenvalue weighted by atomic mass is 32.1. The number of rotatable bonds is 5. The Morgan fingerprint density at radius 3 is 2.77 bits per heavy atom. The molecule has 1 aromatic carbocycles. The quantitative estimate of drug-likeness (QED) is 0.605. The lowest BCUT2D eigenvalue weighted by molar-refractivity contribution is 0.122. The van der Waals surface area contributed by atoms with E-state index in [1.165, 1.54) is 22.3 Å². The molecule has 7 heteroatoms. The van der Waals surface area contributed by atoms with Gasteiger partial charge in [0.1, 0.15) is 0 Å². The highest BCUT2D eigenvalue weighted by molar-refractivity contribution is 7.13. The number of nitrogens with zero attached hydrogens (tertiary/aromatic N) is 5. The third kappa shape index (κ3) is 4.54. The summed E-state index contributed by atoms with van der Waals surface area (Å²) >= 11 is 1.77. The number of anilines is 2. The van der Waals surface area contributed by atoms with Crippen molar-refractivity contribution >= 4 is 33.1 Å². The Hall–Kier alpha value is -2.22. The predicted molar refractivity (Wildman–Crippen MR) is 128 cm³/mol. The maximum Gasteiger partial charge on any atom is 0.185 e. The van der Waals surface area contributed by atoms with Crippen molar-refractivity contribution in [3.05, 3.63) is 47.1 Å². The van der Waals surface area contributed by atoms with Gasteiger partial charge < -0.3 is 14.5 Å². The zero-order chi connectivity index (χ0) is 21.0. The molecule has 0 saturated carbocycles. The second-order valence-corrected chi connectivity index (χ2v) is 9.18. The van der Waals surface area contributed by atoms with Crippen molar-refractivity contribution in [3.8, 4) is 0 Å². The molecule has 0 aliphatic carbocycles. The first-order valence-corrected chi connectivity index (χ1v) is 12.3. The molecule has 164 valence electrons. The number of pyridine rings is 1. The maximum absolute atomic E-state index is 5.47. The third-order valence-electron chi connectivity index (χ3n) is 6.32. The van der Waals surface area contributed by atoms with Gasteiger partial charge in [0, 0.05) is 62.8 Å². The molecule has 2 aliphatic rings. The van der Waals surface area contributed by atoms with Crippen molar-refractivity contribution in [3.63, 3.8) is 0 Å². The number of morpholine rings is 1. The van der Waals surface area contributed by atoms with Crippen molar-refractivity contribution < 1.29 is 4.74 Å². The van der Waals surface area contributed by atoms with Gasteiger partial charge in [0.2, 0.25) is 0 Å². The summed E-state index contributed by atoms with van der Waals surface area (Å²) in [5.74, 6) is 0. The minimum absolute atomic E-state index is 0.805. The Bertz CT molecular complexity index is 1020. The van der Waals surface area contributed by atoms with E-state index in [9.17, 15) is 0 Å². The van der Waals surface area contributed by atoms with E-state index in [4.69, 9.17) is 14.7 Å². The molecule has 2 aromatic heterocycles. The number of aryl methyl sites for hydroxylation is 1. The van der Waals surface area contributed by atoms with Crippen molar-refractivity contribution in [1.29, 1.82) is 0 Å². The average molecular weight is 438 g/mol. The fourth-order valence-corrected chi connectivity index (χ4v) is 5.53. The lowest BCUT2D eigenvalue weighted by atomic mass is 10.0. The number of thiazole rings is 1. The molecular weight excluding hydrogens is 406 g/mol. The summed E-state index contributed by atoms with van der Waals surface area (Å²) < 4.78 is 5.47. The van der Waals surface area contributed by atoms with E-state index in [1.807, 2.05) is 12.3 Å². The fourth-order valence-electron chi connectivity index (χ4n) is 4.66. The Morgan fingerprint density at radius 2 is 1.90 bits per heavy atom. The molecule has 2 saturated heterocycles. The molecule has 31 heavy (non-hydrogen) atoms. The average Bonchev–Trinajstić information content (AvgIpc) is 3.17. The minimum Gasteiger partial charge on any atom is -0.378 e. The molecule has 0 atom stereocenters. The number of ether oxygens (including phenoxy) is 1. The van der Waals surface area contributed by atoms with Crippen molar-refractivity contribution in [1.82, 2.24) is 14.9 Å². The topological polar surface area (TPSA) is 44.7 Å². The standard InChI is InChI=1S/C24H31N5OS/c1-2-19-6-7-20-5-3-8-25-22(20)23(19)28-10-4-9-27(11-12-28)17-21-18-31-24(26-21)29-13-15-30-16-14-29/h3,5-8,18H,2,4,9-17H2,1H3. The fraction of sp³-hybridized carbons (Fsp3) is 0.500. The van der Waals surface area contributed by atoms with Gasteiger partial charge in [-0.25, -0.2) is 4.98 Å². The van der Waals surface area contributed by atoms with Crippen LogP contribution in [0, 0.1) is 0 Å². The van der Waals surface area contributed by atoms with Crippen LogP contribution in [-0.2, 0) is 17.7 Å². The molecule has 2 aliphatic heterocycles. The highest BCUT2D eigenvalue weighted by Gasteiger charge is 2.21. The molecule has 0 unspecified atom stereocenters. The molecule has 6 nitrogen and oxygen atoms in total. The second-order valence-electron chi connectivity index (χ2n) is 8.34. The summed E-state index contributed by atoms with van der Waals surface area (Å²) in [6.07, 6.45) is 4.11. The molecule has 2 fully saturated rings. The van der Waals surface area contributed by atoms with Crippen LogP contribution in [0.3, 0.4) is 0 Å². The maximum atomic E-state index is 5.47. The van der Waals surface area contributed by atoms with Crippen LogP contribution in [0.2, 0.25) is 0 Å². The molecule has 0 amide bonds. The summed E-state index contributed by atoms with van der Waals surface area (Å²) in [5.41, 5.74) is 5.07. The van der Waals surface area contributed by atoms with Gasteiger partial charge in [-0.3, -0.25) is 9.88 Å². The molecule has 0 radical (unpaired) electrons. The first-order chi connectivity index (χ1) is 15.3. The van der Waals surface area contributed by atoms with Gasteiger partial charge in [-0.15, -0.1) is 11.3 Å². The van der Waals surface area contributed by atoms with Gasteiger partial charge in [-0.1, -0.05) is 25.1 Å². The SMILES string of the molecule is CCc1ccc2cccnc2c1N1CCCN(Cc2csc(N3CCOCC3)n2)CC1. The van der Waals surface area contributed by atoms with Crippen LogP contribution in [0.5, 0.6) is 0 Å². The number of fused-ring (bicyclic) bond motifs is 1. The first kappa shape index (κ1) is 20.7. The lowest BCUT2D eigenvalue weighted by Gasteiger charge is -2.27. The normalized spacial score (nSPS) is 18.5. The van der Waals surface area contributed by atoms with E-state index >= 15 is 0 Å². The van der Waals surface area contributed by atoms with Crippen LogP contribution >= 0.6 is 11.3 Å². The molecule has 0 N–H and O–H groups in total. The van der Waals surface area contributed by atoms with Crippen molar-refractivity contribution in [2.24, 2.45) is 0 Å². The number of aromatic nitrogens is 2. The molecule has 4 heterocycles. The van der Waals surface area contributed by atoms with E-state index in [0.29, 0.717) is 0 Å². The smallest absolute Gasteiger partial charge is 0.185 e. The molecule has 0 spiro atoms. The van der Waals surface area contributed by atoms with Crippen molar-refractivity contribution in [2.75, 3.05) is 62.3 Å². The van der Waals surface area contributed by atoms with Gasteiger partial charge in [-0.2, -0.15) is 0 Å². The molecule has 5 rings (SSSR count). The largest absolute Gasteiger partial charge is 0.378 e. The van der Waals surface area contributed by atoms with Crippen LogP contribution in [-0.4, -0.2) is 67.4 Å². The van der Waals surface area contributed by atoms with Gasteiger partial charge >= 0.3 is 0 Å². The number of hydrogen-bond donors (Lipinski definition) is 0. The summed E-state index contributed by atoms with van der Waals surface area (Å²) in [6, 6.07) is 8.69. The Labute approximate surface area is 188 Å². The number of benzene rings is 1. The summed E-state index contributed by atoms with van der Waals surface area (Å²) in [7, 11) is 0. The van der Waals surface area contributed by atoms with Crippen LogP contribution < -0.4 is 9.80 Å². The van der Waals surface area contributed by atoms with Crippen LogP contribution in [0.25, 0.3) is 10.9 Å². The van der Waals surface area contributed by atoms with E-state index < -0.39 is 0 Å². The zero-order valence-electron chi connectivity index (χ0n) is 18.3. The van der Waals surface area contributed by atoms with E-state index in [-0.39, 0.29) is 0 Å². The molecule has 3 aromatic rings. The van der Waals surface area contributed by atoms with E-state index in [2.05, 4.69) is 45.2 Å². The highest BCUT2D eigenvalue weighted by Crippen LogP contribution is 2.31. The molecule has 0 bridgehead atoms. The van der Waals surface area contributed by atoms with E-state index in [0.717, 1.165) is 82.5 Å². The summed E-state index contributed by atoms with van der Waals surface area (Å²) in [6.45, 7) is 11.0. The van der Waals surface area contributed by atoms with Crippen LogP contribution in [0.1, 0.15) is 24.6 Å². The number of hydrogen-bond acceptors (Lipinski definition) is 7. The van der Waals surface area contributed by atoms with Gasteiger partial charge in [0.15, 0.2) is 5.13 Å². The Morgan fingerprint density at radius 1 is 1.00 bits per heavy atom. The Balaban J connectivity index is 1.28. The van der Waals surface area contributed by atoms with Crippen molar-refractivity contribution in [2.45, 2.75) is 26.3 Å². The van der Waals surface area contributed by atoms with Gasteiger partial charge in [0.05, 0.1) is 30.1 Å². The van der Waals surface area contributed by atoms with Gasteiger partial charge in [-0.05, 0) is 24.5 Å². The summed E-state index contributed by atoms with van der Waals surface area (Å²) in [5, 5.41) is 4.61. The minimum atomic E-state index is 0.805. The van der Waals surface area contributed by atoms with Crippen LogP contribution in [0.15, 0.2) is 35.8 Å².